The van der Waals surface area contributed by atoms with Crippen LogP contribution >= 0.6 is 0 Å². The molecule has 6 nitrogen and oxygen atoms in total. The van der Waals surface area contributed by atoms with E-state index in [0.29, 0.717) is 5.39 Å². The summed E-state index contributed by atoms with van der Waals surface area (Å²) in [4.78, 5) is -1.06. The van der Waals surface area contributed by atoms with E-state index in [0.717, 1.165) is 11.1 Å². The summed E-state index contributed by atoms with van der Waals surface area (Å²) in [5.74, 6) is -0.0332. The van der Waals surface area contributed by atoms with E-state index in [1.165, 1.54) is 12.1 Å². The predicted molar refractivity (Wildman–Crippen MR) is 91.8 cm³/mol. The molecule has 0 spiro atoms. The highest BCUT2D eigenvalue weighted by molar-refractivity contribution is 7.87. The normalized spacial score (nSPS) is 13.2. The third-order valence-corrected chi connectivity index (χ3v) is 5.74. The first-order valence-electron chi connectivity index (χ1n) is 7.40. The molecule has 0 unspecified atom stereocenters. The Kier molecular flexibility index (Phi) is 4.80. The van der Waals surface area contributed by atoms with Crippen LogP contribution in [0, 0.1) is 0 Å². The standard InChI is InChI=1S/C16H20O6S2/c1-9(2)11-5-7-13(23(17,18)19)16-14(24(20,21)22)8-6-12(10(3)4)15(11)16/h5-10H,1-4H3,(H,17,18,19)(H,20,21,22). The van der Waals surface area contributed by atoms with Crippen LogP contribution in [0.15, 0.2) is 34.1 Å². The van der Waals surface area contributed by atoms with Gasteiger partial charge >= 0.3 is 0 Å². The van der Waals surface area contributed by atoms with Crippen molar-refractivity contribution in [3.63, 3.8) is 0 Å². The van der Waals surface area contributed by atoms with Crippen molar-refractivity contribution in [3.05, 3.63) is 35.4 Å². The van der Waals surface area contributed by atoms with Gasteiger partial charge in [-0.05, 0) is 40.5 Å². The number of fused-ring (bicyclic) bond motifs is 1. The molecular weight excluding hydrogens is 352 g/mol. The third-order valence-electron chi connectivity index (χ3n) is 3.95. The molecule has 24 heavy (non-hydrogen) atoms. The molecule has 0 atom stereocenters. The summed E-state index contributed by atoms with van der Waals surface area (Å²) in [6.45, 7) is 7.58. The molecule has 0 radical (unpaired) electrons. The fraction of sp³-hybridized carbons (Fsp3) is 0.375. The zero-order chi connectivity index (χ0) is 18.4. The van der Waals surface area contributed by atoms with Gasteiger partial charge in [-0.1, -0.05) is 39.8 Å². The van der Waals surface area contributed by atoms with Crippen LogP contribution < -0.4 is 0 Å². The van der Waals surface area contributed by atoms with Crippen molar-refractivity contribution in [1.82, 2.24) is 0 Å². The molecule has 0 amide bonds. The molecule has 0 aliphatic carbocycles. The Balaban J connectivity index is 3.26. The number of hydrogen-bond donors (Lipinski definition) is 2. The molecule has 2 N–H and O–H groups in total. The van der Waals surface area contributed by atoms with E-state index in [4.69, 9.17) is 0 Å². The third kappa shape index (κ3) is 3.32. The monoisotopic (exact) mass is 372 g/mol. The lowest BCUT2D eigenvalue weighted by Gasteiger charge is -2.19. The van der Waals surface area contributed by atoms with Crippen molar-refractivity contribution in [3.8, 4) is 0 Å². The molecule has 0 aromatic heterocycles. The van der Waals surface area contributed by atoms with Gasteiger partial charge in [-0.25, -0.2) is 0 Å². The highest BCUT2D eigenvalue weighted by Crippen LogP contribution is 2.39. The first-order chi connectivity index (χ1) is 10.9. The second-order valence-corrected chi connectivity index (χ2v) is 9.10. The van der Waals surface area contributed by atoms with Gasteiger partial charge in [0.25, 0.3) is 20.2 Å². The Labute approximate surface area is 142 Å². The van der Waals surface area contributed by atoms with Crippen molar-refractivity contribution in [1.29, 1.82) is 0 Å². The molecule has 0 saturated carbocycles. The number of hydrogen-bond acceptors (Lipinski definition) is 4. The Morgan fingerprint density at radius 2 is 1.00 bits per heavy atom. The van der Waals surface area contributed by atoms with E-state index in [2.05, 4.69) is 0 Å². The minimum atomic E-state index is -4.67. The summed E-state index contributed by atoms with van der Waals surface area (Å²) in [6, 6.07) is 5.48. The summed E-state index contributed by atoms with van der Waals surface area (Å²) in [7, 11) is -9.35. The van der Waals surface area contributed by atoms with E-state index in [1.54, 1.807) is 12.1 Å². The maximum atomic E-state index is 11.8. The van der Waals surface area contributed by atoms with Crippen LogP contribution in [0.1, 0.15) is 50.7 Å². The second-order valence-electron chi connectivity index (χ2n) is 6.32. The second kappa shape index (κ2) is 6.11. The Morgan fingerprint density at radius 3 is 1.25 bits per heavy atom. The molecule has 0 bridgehead atoms. The maximum Gasteiger partial charge on any atom is 0.295 e. The molecule has 2 aromatic rings. The maximum absolute atomic E-state index is 11.8. The van der Waals surface area contributed by atoms with Crippen LogP contribution in [0.4, 0.5) is 0 Å². The summed E-state index contributed by atoms with van der Waals surface area (Å²) >= 11 is 0. The molecule has 2 aromatic carbocycles. The van der Waals surface area contributed by atoms with Crippen molar-refractivity contribution in [2.75, 3.05) is 0 Å². The summed E-state index contributed by atoms with van der Waals surface area (Å²) in [5.41, 5.74) is 1.48. The molecule has 0 heterocycles. The average molecular weight is 372 g/mol. The first-order valence-corrected chi connectivity index (χ1v) is 10.3. The minimum absolute atomic E-state index is 0.0166. The van der Waals surface area contributed by atoms with Crippen molar-refractivity contribution in [2.45, 2.75) is 49.3 Å². The Hall–Kier alpha value is -1.48. The smallest absolute Gasteiger partial charge is 0.282 e. The zero-order valence-electron chi connectivity index (χ0n) is 13.8. The Morgan fingerprint density at radius 1 is 0.667 bits per heavy atom. The highest BCUT2D eigenvalue weighted by atomic mass is 32.2. The molecule has 132 valence electrons. The SMILES string of the molecule is CC(C)c1ccc(S(=O)(=O)O)c2c(S(=O)(=O)O)ccc(C(C)C)c12. The molecule has 2 rings (SSSR count). The highest BCUT2D eigenvalue weighted by Gasteiger charge is 2.26. The van der Waals surface area contributed by atoms with Crippen LogP contribution in [0.25, 0.3) is 10.8 Å². The molecular formula is C16H20O6S2. The molecule has 0 aliphatic rings. The predicted octanol–water partition coefficient (Wildman–Crippen LogP) is 3.58. The van der Waals surface area contributed by atoms with Crippen LogP contribution in [0.5, 0.6) is 0 Å². The Bertz CT molecular complexity index is 924. The first kappa shape index (κ1) is 18.9. The van der Waals surface area contributed by atoms with E-state index in [1.807, 2.05) is 27.7 Å². The van der Waals surface area contributed by atoms with Crippen LogP contribution in [-0.2, 0) is 20.2 Å². The van der Waals surface area contributed by atoms with Crippen LogP contribution in [0.2, 0.25) is 0 Å². The van der Waals surface area contributed by atoms with E-state index in [-0.39, 0.29) is 17.2 Å². The van der Waals surface area contributed by atoms with Gasteiger partial charge in [0.1, 0.15) is 9.79 Å². The van der Waals surface area contributed by atoms with Gasteiger partial charge in [0.15, 0.2) is 0 Å². The average Bonchev–Trinajstić information content (AvgIpc) is 2.42. The van der Waals surface area contributed by atoms with Crippen LogP contribution in [0.3, 0.4) is 0 Å². The van der Waals surface area contributed by atoms with Gasteiger partial charge in [0.05, 0.1) is 0 Å². The number of benzene rings is 2. The van der Waals surface area contributed by atoms with E-state index < -0.39 is 30.0 Å². The fourth-order valence-corrected chi connectivity index (χ4v) is 4.36. The fourth-order valence-electron chi connectivity index (χ4n) is 2.88. The van der Waals surface area contributed by atoms with Crippen LogP contribution in [-0.4, -0.2) is 25.9 Å². The molecule has 8 heteroatoms. The van der Waals surface area contributed by atoms with E-state index in [9.17, 15) is 25.9 Å². The quantitative estimate of drug-likeness (QED) is 0.794. The lowest BCUT2D eigenvalue weighted by molar-refractivity contribution is 0.483. The summed E-state index contributed by atoms with van der Waals surface area (Å²) < 4.78 is 66.1. The topological polar surface area (TPSA) is 109 Å². The van der Waals surface area contributed by atoms with Gasteiger partial charge in [-0.3, -0.25) is 9.11 Å². The molecule has 0 aliphatic heterocycles. The van der Waals surface area contributed by atoms with Gasteiger partial charge in [-0.15, -0.1) is 0 Å². The molecule has 0 fully saturated rings. The van der Waals surface area contributed by atoms with Gasteiger partial charge in [-0.2, -0.15) is 16.8 Å². The van der Waals surface area contributed by atoms with E-state index >= 15 is 0 Å². The minimum Gasteiger partial charge on any atom is -0.282 e. The lowest BCUT2D eigenvalue weighted by Crippen LogP contribution is -2.08. The van der Waals surface area contributed by atoms with Crippen molar-refractivity contribution in [2.24, 2.45) is 0 Å². The molecule has 0 saturated heterocycles. The van der Waals surface area contributed by atoms with Gasteiger partial charge < -0.3 is 0 Å². The lowest BCUT2D eigenvalue weighted by atomic mass is 9.88. The van der Waals surface area contributed by atoms with Gasteiger partial charge in [0, 0.05) is 5.39 Å². The zero-order valence-corrected chi connectivity index (χ0v) is 15.4. The summed E-state index contributed by atoms with van der Waals surface area (Å²) in [5, 5.41) is 0.266. The summed E-state index contributed by atoms with van der Waals surface area (Å²) in [6.07, 6.45) is 0. The number of rotatable bonds is 4. The van der Waals surface area contributed by atoms with Crippen molar-refractivity contribution < 1.29 is 25.9 Å². The largest absolute Gasteiger partial charge is 0.295 e. The van der Waals surface area contributed by atoms with Crippen molar-refractivity contribution >= 4 is 31.0 Å². The van der Waals surface area contributed by atoms with Gasteiger partial charge in [0.2, 0.25) is 0 Å².